The summed E-state index contributed by atoms with van der Waals surface area (Å²) in [6.45, 7) is 13.5. The van der Waals surface area contributed by atoms with Crippen LogP contribution in [0.1, 0.15) is 52.9 Å². The lowest BCUT2D eigenvalue weighted by Gasteiger charge is -2.31. The lowest BCUT2D eigenvalue weighted by atomic mass is 9.98. The number of hydrogen-bond donors (Lipinski definition) is 0. The van der Waals surface area contributed by atoms with Crippen molar-refractivity contribution in [3.63, 3.8) is 0 Å². The highest BCUT2D eigenvalue weighted by Gasteiger charge is 2.45. The fourth-order valence-electron chi connectivity index (χ4n) is 2.80. The molecule has 0 aliphatic heterocycles. The van der Waals surface area contributed by atoms with Crippen molar-refractivity contribution in [1.29, 1.82) is 0 Å². The number of hydrogen-bond acceptors (Lipinski definition) is 2. The number of ether oxygens (including phenoxy) is 1. The molecule has 0 aromatic carbocycles. The van der Waals surface area contributed by atoms with Gasteiger partial charge >= 0.3 is 5.97 Å². The van der Waals surface area contributed by atoms with Gasteiger partial charge in [-0.1, -0.05) is 40.4 Å². The summed E-state index contributed by atoms with van der Waals surface area (Å²) in [6.07, 6.45) is 5.26. The van der Waals surface area contributed by atoms with Crippen LogP contribution >= 0.6 is 0 Å². The molecule has 0 aromatic rings. The molecule has 0 amide bonds. The van der Waals surface area contributed by atoms with E-state index in [9.17, 15) is 4.79 Å². The Hall–Kier alpha value is -0.313. The number of carbonyl (C=O) groups excluding carboxylic acids is 1. The van der Waals surface area contributed by atoms with Crippen molar-refractivity contribution in [2.75, 3.05) is 0 Å². The Bertz CT molecular complexity index is 295. The first-order valence-electron chi connectivity index (χ1n) is 7.47. The molecule has 18 heavy (non-hydrogen) atoms. The molecule has 3 unspecified atom stereocenters. The van der Waals surface area contributed by atoms with Crippen molar-refractivity contribution >= 4 is 14.0 Å². The van der Waals surface area contributed by atoms with Gasteiger partial charge in [-0.25, -0.2) is 0 Å². The van der Waals surface area contributed by atoms with Crippen LogP contribution in [0.4, 0.5) is 0 Å². The predicted molar refractivity (Wildman–Crippen MR) is 79.5 cm³/mol. The fourth-order valence-corrected chi connectivity index (χ4v) is 4.79. The van der Waals surface area contributed by atoms with Crippen molar-refractivity contribution in [2.24, 2.45) is 5.92 Å². The maximum Gasteiger partial charge on any atom is 0.309 e. The van der Waals surface area contributed by atoms with E-state index in [1.807, 2.05) is 13.8 Å². The van der Waals surface area contributed by atoms with Gasteiger partial charge in [0.15, 0.2) is 0 Å². The highest BCUT2D eigenvalue weighted by molar-refractivity contribution is 6.77. The molecule has 0 heterocycles. The second kappa shape index (κ2) is 5.77. The number of carbonyl (C=O) groups is 1. The quantitative estimate of drug-likeness (QED) is 0.538. The van der Waals surface area contributed by atoms with Gasteiger partial charge in [-0.2, -0.15) is 0 Å². The van der Waals surface area contributed by atoms with Crippen molar-refractivity contribution < 1.29 is 9.53 Å². The van der Waals surface area contributed by atoms with Crippen LogP contribution in [0.15, 0.2) is 0 Å². The summed E-state index contributed by atoms with van der Waals surface area (Å²) in [4.78, 5) is 12.0. The van der Waals surface area contributed by atoms with Crippen LogP contribution in [0.2, 0.25) is 25.2 Å². The first-order valence-corrected chi connectivity index (χ1v) is 11.0. The van der Waals surface area contributed by atoms with E-state index in [1.165, 1.54) is 6.42 Å². The number of esters is 1. The minimum absolute atomic E-state index is 0.00979. The molecule has 3 heteroatoms. The zero-order chi connectivity index (χ0) is 14.0. The third-order valence-corrected chi connectivity index (χ3v) is 7.71. The monoisotopic (exact) mass is 270 g/mol. The lowest BCUT2D eigenvalue weighted by molar-refractivity contribution is -0.164. The van der Waals surface area contributed by atoms with Gasteiger partial charge in [0.05, 0.1) is 5.92 Å². The van der Waals surface area contributed by atoms with E-state index in [4.69, 9.17) is 4.74 Å². The van der Waals surface area contributed by atoms with Gasteiger partial charge in [-0.15, -0.1) is 0 Å². The molecule has 3 atom stereocenters. The molecule has 0 N–H and O–H groups in total. The first kappa shape index (κ1) is 15.7. The summed E-state index contributed by atoms with van der Waals surface area (Å²) in [7, 11) is -1.11. The molecule has 106 valence electrons. The summed E-state index contributed by atoms with van der Waals surface area (Å²) in [5, 5.41) is 0. The highest BCUT2D eigenvalue weighted by Crippen LogP contribution is 2.47. The Morgan fingerprint density at radius 2 is 2.00 bits per heavy atom. The third-order valence-electron chi connectivity index (χ3n) is 4.77. The van der Waals surface area contributed by atoms with Gasteiger partial charge < -0.3 is 4.74 Å². The summed E-state index contributed by atoms with van der Waals surface area (Å²) in [6, 6.07) is 0. The van der Waals surface area contributed by atoms with E-state index < -0.39 is 8.07 Å². The van der Waals surface area contributed by atoms with Crippen LogP contribution in [0.3, 0.4) is 0 Å². The van der Waals surface area contributed by atoms with Crippen molar-refractivity contribution in [2.45, 2.75) is 83.7 Å². The van der Waals surface area contributed by atoms with Crippen LogP contribution in [0.5, 0.6) is 0 Å². The molecule has 2 nitrogen and oxygen atoms in total. The maximum absolute atomic E-state index is 12.0. The van der Waals surface area contributed by atoms with Crippen LogP contribution in [-0.4, -0.2) is 19.6 Å². The summed E-state index contributed by atoms with van der Waals surface area (Å²) < 4.78 is 5.91. The Balaban J connectivity index is 2.69. The van der Waals surface area contributed by atoms with Gasteiger partial charge in [0, 0.05) is 8.07 Å². The van der Waals surface area contributed by atoms with E-state index in [0.29, 0.717) is 0 Å². The van der Waals surface area contributed by atoms with Crippen LogP contribution in [0, 0.1) is 5.92 Å². The molecule has 1 aliphatic carbocycles. The maximum atomic E-state index is 12.0. The molecule has 1 fully saturated rings. The summed E-state index contributed by atoms with van der Waals surface area (Å²) in [5.41, 5.74) is 0.660. The van der Waals surface area contributed by atoms with Gasteiger partial charge in [-0.05, 0) is 37.6 Å². The zero-order valence-electron chi connectivity index (χ0n) is 13.0. The first-order chi connectivity index (χ1) is 8.24. The van der Waals surface area contributed by atoms with Crippen LogP contribution < -0.4 is 0 Å². The Kier molecular flexibility index (Phi) is 5.04. The molecular weight excluding hydrogens is 240 g/mol. The normalized spacial score (nSPS) is 30.2. The van der Waals surface area contributed by atoms with E-state index in [1.54, 1.807) is 0 Å². The van der Waals surface area contributed by atoms with E-state index in [-0.39, 0.29) is 17.5 Å². The summed E-state index contributed by atoms with van der Waals surface area (Å²) >= 11 is 0. The van der Waals surface area contributed by atoms with Crippen LogP contribution in [-0.2, 0) is 9.53 Å². The Morgan fingerprint density at radius 1 is 1.39 bits per heavy atom. The molecule has 0 radical (unpaired) electrons. The van der Waals surface area contributed by atoms with E-state index in [2.05, 4.69) is 26.6 Å². The fraction of sp³-hybridized carbons (Fsp3) is 0.933. The predicted octanol–water partition coefficient (Wildman–Crippen LogP) is 4.62. The average Bonchev–Trinajstić information content (AvgIpc) is 2.72. The van der Waals surface area contributed by atoms with Gasteiger partial charge in [0.2, 0.25) is 0 Å². The van der Waals surface area contributed by atoms with Gasteiger partial charge in [-0.3, -0.25) is 4.79 Å². The smallest absolute Gasteiger partial charge is 0.309 e. The molecule has 0 saturated heterocycles. The highest BCUT2D eigenvalue weighted by atomic mass is 28.3. The average molecular weight is 270 g/mol. The van der Waals surface area contributed by atoms with E-state index >= 15 is 0 Å². The van der Waals surface area contributed by atoms with Gasteiger partial charge in [0.1, 0.15) is 5.60 Å². The third kappa shape index (κ3) is 3.59. The Morgan fingerprint density at radius 3 is 2.39 bits per heavy atom. The molecule has 1 saturated carbocycles. The minimum atomic E-state index is -1.11. The second-order valence-corrected chi connectivity index (χ2v) is 12.6. The molecular formula is C15H30O2Si. The zero-order valence-corrected chi connectivity index (χ0v) is 14.0. The van der Waals surface area contributed by atoms with Gasteiger partial charge in [0.25, 0.3) is 0 Å². The SMILES string of the molecule is CCC(C)C(=O)OC1(CC)CCC([Si](C)(C)C)C1. The largest absolute Gasteiger partial charge is 0.459 e. The minimum Gasteiger partial charge on any atom is -0.459 e. The standard InChI is InChI=1S/C15H30O2Si/c1-7-12(3)14(16)17-15(8-2)10-9-13(11-15)18(4,5)6/h12-13H,7-11H2,1-6H3. The number of rotatable bonds is 5. The van der Waals surface area contributed by atoms with Crippen molar-refractivity contribution in [1.82, 2.24) is 0 Å². The topological polar surface area (TPSA) is 26.3 Å². The second-order valence-electron chi connectivity index (χ2n) is 7.07. The molecule has 0 bridgehead atoms. The van der Waals surface area contributed by atoms with Crippen molar-refractivity contribution in [3.05, 3.63) is 0 Å². The molecule has 1 rings (SSSR count). The molecule has 0 aromatic heterocycles. The Labute approximate surface area is 113 Å². The van der Waals surface area contributed by atoms with E-state index in [0.717, 1.165) is 31.2 Å². The summed E-state index contributed by atoms with van der Waals surface area (Å²) in [5.74, 6) is 0.0509. The molecule has 0 spiro atoms. The van der Waals surface area contributed by atoms with Crippen LogP contribution in [0.25, 0.3) is 0 Å². The van der Waals surface area contributed by atoms with Crippen molar-refractivity contribution in [3.8, 4) is 0 Å². The molecule has 1 aliphatic rings. The lowest BCUT2D eigenvalue weighted by Crippen LogP contribution is -2.35.